The highest BCUT2D eigenvalue weighted by molar-refractivity contribution is 5.26. The van der Waals surface area contributed by atoms with Crippen LogP contribution in [0.2, 0.25) is 0 Å². The molecular weight excluding hydrogens is 321 g/mol. The minimum absolute atomic E-state index is 0.721. The van der Waals surface area contributed by atoms with E-state index in [0.29, 0.717) is 0 Å². The molecule has 1 nitrogen and oxygen atoms in total. The maximum atomic E-state index is 12.7. The third kappa shape index (κ3) is 7.16. The molecule has 0 aliphatic heterocycles. The molecular formula is C24H32FN. The average Bonchev–Trinajstić information content (AvgIpc) is 2.69. The van der Waals surface area contributed by atoms with Crippen molar-refractivity contribution in [2.24, 2.45) is 5.92 Å². The lowest BCUT2D eigenvalue weighted by Gasteiger charge is -2.28. The molecule has 2 heteroatoms. The van der Waals surface area contributed by atoms with E-state index >= 15 is 0 Å². The summed E-state index contributed by atoms with van der Waals surface area (Å²) in [7, 11) is 0. The first kappa shape index (κ1) is 20.4. The summed E-state index contributed by atoms with van der Waals surface area (Å²) >= 11 is 0. The van der Waals surface area contributed by atoms with E-state index in [2.05, 4.69) is 31.2 Å². The Morgan fingerprint density at radius 3 is 2.54 bits per heavy atom. The molecule has 1 aromatic rings. The van der Waals surface area contributed by atoms with Crippen molar-refractivity contribution >= 4 is 0 Å². The van der Waals surface area contributed by atoms with Gasteiger partial charge in [0, 0.05) is 0 Å². The van der Waals surface area contributed by atoms with Crippen molar-refractivity contribution in [1.29, 1.82) is 5.26 Å². The highest BCUT2D eigenvalue weighted by Gasteiger charge is 2.21. The summed E-state index contributed by atoms with van der Waals surface area (Å²) in [6.45, 7) is 2.25. The van der Waals surface area contributed by atoms with Gasteiger partial charge >= 0.3 is 0 Å². The Bertz CT molecular complexity index is 613. The quantitative estimate of drug-likeness (QED) is 0.258. The lowest BCUT2D eigenvalue weighted by atomic mass is 9.77. The van der Waals surface area contributed by atoms with Crippen LogP contribution in [-0.4, -0.2) is 0 Å². The van der Waals surface area contributed by atoms with Crippen molar-refractivity contribution in [1.82, 2.24) is 0 Å². The third-order valence-corrected chi connectivity index (χ3v) is 5.59. The van der Waals surface area contributed by atoms with Gasteiger partial charge in [0.2, 0.25) is 0 Å². The fraction of sp³-hybridized carbons (Fsp3) is 0.542. The molecule has 2 rings (SSSR count). The van der Waals surface area contributed by atoms with Gasteiger partial charge in [0.1, 0.15) is 6.07 Å². The number of unbranched alkanes of at least 4 members (excludes halogenated alkanes) is 2. The van der Waals surface area contributed by atoms with Crippen LogP contribution in [0.3, 0.4) is 0 Å². The van der Waals surface area contributed by atoms with Crippen LogP contribution in [0.25, 0.3) is 0 Å². The molecule has 0 heterocycles. The molecule has 140 valence electrons. The van der Waals surface area contributed by atoms with Crippen LogP contribution in [0.1, 0.15) is 81.8 Å². The van der Waals surface area contributed by atoms with Crippen molar-refractivity contribution in [3.63, 3.8) is 0 Å². The zero-order valence-corrected chi connectivity index (χ0v) is 16.1. The zero-order valence-electron chi connectivity index (χ0n) is 16.1. The first-order valence-corrected chi connectivity index (χ1v) is 10.2. The Kier molecular flexibility index (Phi) is 9.18. The maximum Gasteiger partial charge on any atom is 0.199 e. The van der Waals surface area contributed by atoms with E-state index in [4.69, 9.17) is 5.26 Å². The van der Waals surface area contributed by atoms with E-state index in [1.54, 1.807) is 6.08 Å². The van der Waals surface area contributed by atoms with Gasteiger partial charge in [0.15, 0.2) is 5.83 Å². The van der Waals surface area contributed by atoms with E-state index < -0.39 is 5.83 Å². The van der Waals surface area contributed by atoms with Gasteiger partial charge in [-0.15, -0.1) is 0 Å². The number of hydrogen-bond acceptors (Lipinski definition) is 1. The minimum Gasteiger partial charge on any atom is -0.195 e. The number of halogens is 1. The number of rotatable bonds is 9. The van der Waals surface area contributed by atoms with Crippen LogP contribution in [0.4, 0.5) is 4.39 Å². The molecule has 1 fully saturated rings. The second-order valence-electron chi connectivity index (χ2n) is 7.55. The Labute approximate surface area is 158 Å². The van der Waals surface area contributed by atoms with Gasteiger partial charge in [-0.05, 0) is 80.4 Å². The second kappa shape index (κ2) is 11.7. The van der Waals surface area contributed by atoms with Gasteiger partial charge < -0.3 is 0 Å². The maximum absolute atomic E-state index is 12.7. The molecule has 0 saturated heterocycles. The Balaban J connectivity index is 1.70. The van der Waals surface area contributed by atoms with Crippen LogP contribution < -0.4 is 0 Å². The highest BCUT2D eigenvalue weighted by atomic mass is 19.1. The fourth-order valence-corrected chi connectivity index (χ4v) is 3.94. The average molecular weight is 354 g/mol. The van der Waals surface area contributed by atoms with Crippen molar-refractivity contribution < 1.29 is 4.39 Å². The van der Waals surface area contributed by atoms with Gasteiger partial charge in [0.05, 0.1) is 0 Å². The Morgan fingerprint density at radius 1 is 1.15 bits per heavy atom. The topological polar surface area (TPSA) is 23.8 Å². The second-order valence-corrected chi connectivity index (χ2v) is 7.55. The van der Waals surface area contributed by atoms with Crippen molar-refractivity contribution in [2.45, 2.75) is 77.0 Å². The van der Waals surface area contributed by atoms with Crippen molar-refractivity contribution in [2.75, 3.05) is 0 Å². The number of hydrogen-bond donors (Lipinski definition) is 0. The third-order valence-electron chi connectivity index (χ3n) is 5.59. The Morgan fingerprint density at radius 2 is 1.88 bits per heavy atom. The molecule has 0 aromatic heterocycles. The predicted molar refractivity (Wildman–Crippen MR) is 108 cm³/mol. The molecule has 0 amide bonds. The monoisotopic (exact) mass is 353 g/mol. The van der Waals surface area contributed by atoms with Crippen LogP contribution >= 0.6 is 0 Å². The zero-order chi connectivity index (χ0) is 18.6. The summed E-state index contributed by atoms with van der Waals surface area (Å²) in [6, 6.07) is 10.8. The lowest BCUT2D eigenvalue weighted by Crippen LogP contribution is -2.13. The summed E-state index contributed by atoms with van der Waals surface area (Å²) < 4.78 is 12.7. The highest BCUT2D eigenvalue weighted by Crippen LogP contribution is 2.37. The molecule has 1 aromatic carbocycles. The van der Waals surface area contributed by atoms with Gasteiger partial charge in [-0.3, -0.25) is 0 Å². The van der Waals surface area contributed by atoms with Crippen molar-refractivity contribution in [3.05, 3.63) is 59.4 Å². The summed E-state index contributed by atoms with van der Waals surface area (Å²) in [5.74, 6) is 0.784. The van der Waals surface area contributed by atoms with E-state index in [0.717, 1.165) is 18.3 Å². The van der Waals surface area contributed by atoms with Crippen LogP contribution in [0, 0.1) is 17.2 Å². The number of nitriles is 1. The van der Waals surface area contributed by atoms with Crippen LogP contribution in [0.15, 0.2) is 48.3 Å². The minimum atomic E-state index is -0.724. The molecule has 0 bridgehead atoms. The molecule has 26 heavy (non-hydrogen) atoms. The van der Waals surface area contributed by atoms with Crippen LogP contribution in [-0.2, 0) is 6.42 Å². The fourth-order valence-electron chi connectivity index (χ4n) is 3.94. The molecule has 0 N–H and O–H groups in total. The summed E-state index contributed by atoms with van der Waals surface area (Å²) in [6.07, 6.45) is 17.3. The number of nitrogens with zero attached hydrogens (tertiary/aromatic N) is 1. The SMILES string of the molecule is CCCCCc1ccc([C@H]2CC[C@H](CC/C=C/C=C(\F)C#N)CC2)cc1. The van der Waals surface area contributed by atoms with Gasteiger partial charge in [-0.2, -0.15) is 9.65 Å². The van der Waals surface area contributed by atoms with E-state index in [1.807, 2.05) is 6.08 Å². The molecule has 1 aliphatic rings. The summed E-state index contributed by atoms with van der Waals surface area (Å²) in [4.78, 5) is 0. The molecule has 0 unspecified atom stereocenters. The number of benzene rings is 1. The Hall–Kier alpha value is -1.88. The smallest absolute Gasteiger partial charge is 0.195 e. The summed E-state index contributed by atoms with van der Waals surface area (Å²) in [5.41, 5.74) is 2.99. The first-order valence-electron chi connectivity index (χ1n) is 10.2. The van der Waals surface area contributed by atoms with Crippen LogP contribution in [0.5, 0.6) is 0 Å². The predicted octanol–water partition coefficient (Wildman–Crippen LogP) is 7.41. The molecule has 0 spiro atoms. The van der Waals surface area contributed by atoms with Gasteiger partial charge in [-0.1, -0.05) is 56.2 Å². The van der Waals surface area contributed by atoms with E-state index in [9.17, 15) is 4.39 Å². The normalized spacial score (nSPS) is 21.0. The van der Waals surface area contributed by atoms with Gasteiger partial charge in [-0.25, -0.2) is 0 Å². The number of allylic oxidation sites excluding steroid dienone is 4. The van der Waals surface area contributed by atoms with E-state index in [-0.39, 0.29) is 0 Å². The number of aryl methyl sites for hydroxylation is 1. The van der Waals surface area contributed by atoms with E-state index in [1.165, 1.54) is 81.1 Å². The van der Waals surface area contributed by atoms with Gasteiger partial charge in [0.25, 0.3) is 0 Å². The largest absolute Gasteiger partial charge is 0.199 e. The summed E-state index contributed by atoms with van der Waals surface area (Å²) in [5, 5.41) is 8.35. The standard InChI is InChI=1S/C24H32FN/c1-2-3-5-8-20-11-15-22(16-12-20)23-17-13-21(14-18-23)9-6-4-7-10-24(25)19-26/h4,7,10-12,15-16,21,23H,2-3,5-6,8-9,13-14,17-18H2,1H3/b7-4+,24-10-/t21-,23-. The molecule has 0 radical (unpaired) electrons. The molecule has 0 atom stereocenters. The van der Waals surface area contributed by atoms with Crippen molar-refractivity contribution in [3.8, 4) is 6.07 Å². The molecule has 1 aliphatic carbocycles. The lowest BCUT2D eigenvalue weighted by molar-refractivity contribution is 0.312. The molecule has 1 saturated carbocycles. The first-order chi connectivity index (χ1) is 12.7.